The number of halogens is 2. The zero-order valence-corrected chi connectivity index (χ0v) is 12.4. The number of hydrogen-bond donors (Lipinski definition) is 1. The van der Waals surface area contributed by atoms with Gasteiger partial charge in [-0.15, -0.1) is 12.4 Å². The van der Waals surface area contributed by atoms with Gasteiger partial charge in [-0.3, -0.25) is 4.79 Å². The summed E-state index contributed by atoms with van der Waals surface area (Å²) in [5, 5.41) is 3.32. The van der Waals surface area contributed by atoms with Crippen molar-refractivity contribution in [2.75, 3.05) is 19.7 Å². The first kappa shape index (κ1) is 15.5. The van der Waals surface area contributed by atoms with Gasteiger partial charge in [0.15, 0.2) is 6.29 Å². The molecule has 5 heteroatoms. The lowest BCUT2D eigenvalue weighted by Crippen LogP contribution is -2.30. The third-order valence-corrected chi connectivity index (χ3v) is 3.53. The summed E-state index contributed by atoms with van der Waals surface area (Å²) in [5.74, 6) is 1.28. The van der Waals surface area contributed by atoms with Gasteiger partial charge in [-0.25, -0.2) is 0 Å². The summed E-state index contributed by atoms with van der Waals surface area (Å²) in [6, 6.07) is 5.52. The van der Waals surface area contributed by atoms with E-state index < -0.39 is 0 Å². The highest BCUT2D eigenvalue weighted by Gasteiger charge is 2.14. The molecule has 2 rings (SSSR count). The van der Waals surface area contributed by atoms with Crippen LogP contribution in [0.15, 0.2) is 22.7 Å². The Balaban J connectivity index is 0.00000162. The predicted octanol–water partition coefficient (Wildman–Crippen LogP) is 3.06. The van der Waals surface area contributed by atoms with E-state index in [-0.39, 0.29) is 12.4 Å². The number of carbonyl (C=O) groups is 1. The summed E-state index contributed by atoms with van der Waals surface area (Å²) in [6.45, 7) is 2.83. The van der Waals surface area contributed by atoms with E-state index in [1.165, 1.54) is 0 Å². The molecule has 1 saturated heterocycles. The molecule has 18 heavy (non-hydrogen) atoms. The SMILES string of the molecule is Cl.O=Cc1cc(Br)ccc1OCC1CCNCC1. The van der Waals surface area contributed by atoms with Crippen molar-refractivity contribution < 1.29 is 9.53 Å². The maximum atomic E-state index is 10.9. The standard InChI is InChI=1S/C13H16BrNO2.ClH/c14-12-1-2-13(11(7-12)8-16)17-9-10-3-5-15-6-4-10;/h1-2,7-8,10,15H,3-6,9H2;1H. The Labute approximate surface area is 122 Å². The molecule has 0 atom stereocenters. The maximum absolute atomic E-state index is 10.9. The fourth-order valence-corrected chi connectivity index (χ4v) is 2.38. The molecule has 1 aromatic carbocycles. The molecule has 0 unspecified atom stereocenters. The highest BCUT2D eigenvalue weighted by molar-refractivity contribution is 9.10. The molecule has 100 valence electrons. The summed E-state index contributed by atoms with van der Waals surface area (Å²) in [4.78, 5) is 10.9. The molecule has 0 aliphatic carbocycles. The first-order valence-electron chi connectivity index (χ1n) is 5.88. The Kier molecular flexibility index (Phi) is 6.68. The summed E-state index contributed by atoms with van der Waals surface area (Å²) in [7, 11) is 0. The number of benzene rings is 1. The second-order valence-corrected chi connectivity index (χ2v) is 5.22. The van der Waals surface area contributed by atoms with E-state index in [0.717, 1.165) is 36.7 Å². The van der Waals surface area contributed by atoms with Crippen molar-refractivity contribution in [1.82, 2.24) is 5.32 Å². The number of ether oxygens (including phenoxy) is 1. The van der Waals surface area contributed by atoms with Gasteiger partial charge in [0.2, 0.25) is 0 Å². The third kappa shape index (κ3) is 4.26. The Morgan fingerprint density at radius 3 is 2.78 bits per heavy atom. The molecule has 1 aliphatic heterocycles. The Morgan fingerprint density at radius 1 is 1.39 bits per heavy atom. The first-order chi connectivity index (χ1) is 8.29. The van der Waals surface area contributed by atoms with Crippen LogP contribution >= 0.6 is 28.3 Å². The maximum Gasteiger partial charge on any atom is 0.153 e. The van der Waals surface area contributed by atoms with E-state index in [4.69, 9.17) is 4.74 Å². The van der Waals surface area contributed by atoms with Gasteiger partial charge in [0, 0.05) is 4.47 Å². The topological polar surface area (TPSA) is 38.3 Å². The van der Waals surface area contributed by atoms with Gasteiger partial charge in [0.1, 0.15) is 5.75 Å². The molecule has 0 saturated carbocycles. The number of rotatable bonds is 4. The molecule has 0 bridgehead atoms. The van der Waals surface area contributed by atoms with Crippen LogP contribution < -0.4 is 10.1 Å². The van der Waals surface area contributed by atoms with E-state index in [1.807, 2.05) is 12.1 Å². The number of carbonyl (C=O) groups excluding carboxylic acids is 1. The van der Waals surface area contributed by atoms with Crippen LogP contribution in [0.3, 0.4) is 0 Å². The molecule has 1 aliphatic rings. The van der Waals surface area contributed by atoms with Crippen LogP contribution in [0.4, 0.5) is 0 Å². The van der Waals surface area contributed by atoms with Crippen LogP contribution in [0.5, 0.6) is 5.75 Å². The van der Waals surface area contributed by atoms with Crippen molar-refractivity contribution in [1.29, 1.82) is 0 Å². The molecule has 0 aromatic heterocycles. The van der Waals surface area contributed by atoms with Gasteiger partial charge < -0.3 is 10.1 Å². The van der Waals surface area contributed by atoms with Gasteiger partial charge in [0.05, 0.1) is 12.2 Å². The monoisotopic (exact) mass is 333 g/mol. The molecule has 0 spiro atoms. The van der Waals surface area contributed by atoms with Crippen molar-refractivity contribution in [2.24, 2.45) is 5.92 Å². The average molecular weight is 335 g/mol. The Bertz CT molecular complexity index is 395. The highest BCUT2D eigenvalue weighted by atomic mass is 79.9. The molecule has 0 radical (unpaired) electrons. The minimum absolute atomic E-state index is 0. The van der Waals surface area contributed by atoms with Crippen LogP contribution in [0.2, 0.25) is 0 Å². The smallest absolute Gasteiger partial charge is 0.153 e. The normalized spacial score (nSPS) is 15.8. The second kappa shape index (κ2) is 7.77. The number of nitrogens with one attached hydrogen (secondary N) is 1. The second-order valence-electron chi connectivity index (χ2n) is 4.30. The number of aldehydes is 1. The van der Waals surface area contributed by atoms with Crippen LogP contribution in [-0.4, -0.2) is 26.0 Å². The molecule has 1 aromatic rings. The van der Waals surface area contributed by atoms with Crippen molar-refractivity contribution in [3.05, 3.63) is 28.2 Å². The van der Waals surface area contributed by atoms with E-state index in [0.29, 0.717) is 23.8 Å². The predicted molar refractivity (Wildman–Crippen MR) is 77.9 cm³/mol. The Hall–Kier alpha value is -0.580. The van der Waals surface area contributed by atoms with Crippen LogP contribution in [-0.2, 0) is 0 Å². The zero-order valence-electron chi connectivity index (χ0n) is 10.0. The minimum atomic E-state index is 0. The first-order valence-corrected chi connectivity index (χ1v) is 6.67. The quantitative estimate of drug-likeness (QED) is 0.860. The molecule has 3 nitrogen and oxygen atoms in total. The van der Waals surface area contributed by atoms with Crippen LogP contribution in [0.25, 0.3) is 0 Å². The number of piperidine rings is 1. The molecule has 1 N–H and O–H groups in total. The largest absolute Gasteiger partial charge is 0.493 e. The lowest BCUT2D eigenvalue weighted by molar-refractivity contribution is 0.111. The summed E-state index contributed by atoms with van der Waals surface area (Å²) in [6.07, 6.45) is 3.13. The molecule has 1 heterocycles. The van der Waals surface area contributed by atoms with E-state index in [2.05, 4.69) is 21.2 Å². The fourth-order valence-electron chi connectivity index (χ4n) is 2.00. The van der Waals surface area contributed by atoms with Crippen molar-refractivity contribution in [3.8, 4) is 5.75 Å². The van der Waals surface area contributed by atoms with Crippen molar-refractivity contribution >= 4 is 34.6 Å². The highest BCUT2D eigenvalue weighted by Crippen LogP contribution is 2.23. The van der Waals surface area contributed by atoms with E-state index in [1.54, 1.807) is 6.07 Å². The molecule has 0 amide bonds. The Morgan fingerprint density at radius 2 is 2.11 bits per heavy atom. The molecular weight excluding hydrogens is 318 g/mol. The lowest BCUT2D eigenvalue weighted by atomic mass is 9.99. The van der Waals surface area contributed by atoms with E-state index >= 15 is 0 Å². The van der Waals surface area contributed by atoms with E-state index in [9.17, 15) is 4.79 Å². The summed E-state index contributed by atoms with van der Waals surface area (Å²) < 4.78 is 6.64. The van der Waals surface area contributed by atoms with Gasteiger partial charge in [-0.2, -0.15) is 0 Å². The molecular formula is C13H17BrClNO2. The average Bonchev–Trinajstić information content (AvgIpc) is 2.38. The zero-order chi connectivity index (χ0) is 12.1. The van der Waals surface area contributed by atoms with Crippen molar-refractivity contribution in [3.63, 3.8) is 0 Å². The van der Waals surface area contributed by atoms with Crippen molar-refractivity contribution in [2.45, 2.75) is 12.8 Å². The van der Waals surface area contributed by atoms with Gasteiger partial charge in [-0.05, 0) is 50.0 Å². The van der Waals surface area contributed by atoms with Gasteiger partial charge in [-0.1, -0.05) is 15.9 Å². The summed E-state index contributed by atoms with van der Waals surface area (Å²) >= 11 is 3.34. The lowest BCUT2D eigenvalue weighted by Gasteiger charge is -2.22. The number of hydrogen-bond acceptors (Lipinski definition) is 3. The summed E-state index contributed by atoms with van der Waals surface area (Å²) in [5.41, 5.74) is 0.605. The van der Waals surface area contributed by atoms with Gasteiger partial charge >= 0.3 is 0 Å². The van der Waals surface area contributed by atoms with Crippen LogP contribution in [0, 0.1) is 5.92 Å². The molecule has 1 fully saturated rings. The van der Waals surface area contributed by atoms with Gasteiger partial charge in [0.25, 0.3) is 0 Å². The fraction of sp³-hybridized carbons (Fsp3) is 0.462. The minimum Gasteiger partial charge on any atom is -0.493 e. The van der Waals surface area contributed by atoms with Crippen LogP contribution in [0.1, 0.15) is 23.2 Å². The third-order valence-electron chi connectivity index (χ3n) is 3.03.